The number of amides is 1. The minimum Gasteiger partial charge on any atom is -0.356 e. The summed E-state index contributed by atoms with van der Waals surface area (Å²) in [6, 6.07) is 4.66. The van der Waals surface area contributed by atoms with Crippen molar-refractivity contribution in [1.82, 2.24) is 15.0 Å². The Morgan fingerprint density at radius 3 is 2.80 bits per heavy atom. The Bertz CT molecular complexity index is 951. The van der Waals surface area contributed by atoms with Crippen LogP contribution in [-0.2, 0) is 4.79 Å². The first kappa shape index (κ1) is 21.3. The fraction of sp³-hybridized carbons (Fsp3) is 0.565. The number of carbonyl (C=O) groups excluding carboxylic acids is 1. The molecule has 1 aromatic carbocycles. The van der Waals surface area contributed by atoms with Gasteiger partial charge in [-0.25, -0.2) is 4.39 Å². The van der Waals surface area contributed by atoms with E-state index in [4.69, 9.17) is 4.52 Å². The van der Waals surface area contributed by atoms with Crippen LogP contribution < -0.4 is 0 Å². The molecule has 0 N–H and O–H groups in total. The molecule has 2 aromatic rings. The number of hydrogen-bond acceptors (Lipinski definition) is 4. The van der Waals surface area contributed by atoms with E-state index in [2.05, 4.69) is 28.0 Å². The Labute approximate surface area is 182 Å². The molecule has 0 saturated carbocycles. The van der Waals surface area contributed by atoms with Crippen LogP contribution in [0.4, 0.5) is 4.39 Å². The molecule has 162 valence electrons. The highest BCUT2D eigenvalue weighted by atomic mass is 35.5. The van der Waals surface area contributed by atoms with Gasteiger partial charge in [0, 0.05) is 48.5 Å². The lowest BCUT2D eigenvalue weighted by Gasteiger charge is -2.41. The van der Waals surface area contributed by atoms with Crippen LogP contribution in [-0.4, -0.2) is 46.7 Å². The van der Waals surface area contributed by atoms with E-state index in [1.165, 1.54) is 18.6 Å². The summed E-state index contributed by atoms with van der Waals surface area (Å²) in [5, 5.41) is 5.19. The highest BCUT2D eigenvalue weighted by Gasteiger charge is 2.47. The maximum Gasteiger partial charge on any atom is 0.251 e. The summed E-state index contributed by atoms with van der Waals surface area (Å²) in [7, 11) is 0. The molecule has 3 aliphatic rings. The van der Waals surface area contributed by atoms with E-state index in [0.29, 0.717) is 17.4 Å². The fourth-order valence-electron chi connectivity index (χ4n) is 5.55. The third-order valence-electron chi connectivity index (χ3n) is 6.89. The lowest BCUT2D eigenvalue weighted by Crippen LogP contribution is -2.51. The molecule has 5 rings (SSSR count). The smallest absolute Gasteiger partial charge is 0.251 e. The molecular formula is C23H29ClFN3O2. The third-order valence-corrected chi connectivity index (χ3v) is 6.89. The molecule has 2 atom stereocenters. The van der Waals surface area contributed by atoms with Gasteiger partial charge in [-0.2, -0.15) is 0 Å². The van der Waals surface area contributed by atoms with E-state index in [1.54, 1.807) is 6.07 Å². The van der Waals surface area contributed by atoms with Crippen molar-refractivity contribution in [1.29, 1.82) is 0 Å². The number of nitrogens with zero attached hydrogens (tertiary/aromatic N) is 3. The summed E-state index contributed by atoms with van der Waals surface area (Å²) in [6.45, 7) is 4.87. The Hall–Kier alpha value is -1.92. The molecule has 0 radical (unpaired) electrons. The molecule has 0 bridgehead atoms. The average Bonchev–Trinajstić information content (AvgIpc) is 3.28. The predicted molar refractivity (Wildman–Crippen MR) is 116 cm³/mol. The molecule has 0 spiro atoms. The second-order valence-electron chi connectivity index (χ2n) is 8.63. The van der Waals surface area contributed by atoms with Gasteiger partial charge in [0.1, 0.15) is 5.82 Å². The van der Waals surface area contributed by atoms with Crippen LogP contribution in [0, 0.1) is 11.7 Å². The van der Waals surface area contributed by atoms with Gasteiger partial charge in [-0.3, -0.25) is 9.69 Å². The molecule has 7 heteroatoms. The lowest BCUT2D eigenvalue weighted by atomic mass is 9.86. The van der Waals surface area contributed by atoms with E-state index < -0.39 is 0 Å². The van der Waals surface area contributed by atoms with Crippen LogP contribution in [0.2, 0.25) is 0 Å². The molecule has 2 aliphatic heterocycles. The van der Waals surface area contributed by atoms with Gasteiger partial charge in [0.25, 0.3) is 5.91 Å². The SMILES string of the molecule is CCCN1C(=O)C2=CCCCC2C1N1CCC(c2noc3cc(F)ccc23)CC1.Cl. The van der Waals surface area contributed by atoms with Gasteiger partial charge in [-0.05, 0) is 50.7 Å². The Morgan fingerprint density at radius 1 is 1.23 bits per heavy atom. The molecular weight excluding hydrogens is 405 g/mol. The zero-order valence-corrected chi connectivity index (χ0v) is 18.2. The van der Waals surface area contributed by atoms with Crippen LogP contribution in [0.15, 0.2) is 34.4 Å². The maximum atomic E-state index is 13.4. The van der Waals surface area contributed by atoms with Gasteiger partial charge in [-0.15, -0.1) is 12.4 Å². The van der Waals surface area contributed by atoms with Crippen molar-refractivity contribution in [2.45, 2.75) is 57.5 Å². The van der Waals surface area contributed by atoms with Crippen LogP contribution in [0.1, 0.15) is 57.1 Å². The molecule has 1 aromatic heterocycles. The highest BCUT2D eigenvalue weighted by molar-refractivity contribution is 5.97. The standard InChI is InChI=1S/C23H28FN3O2.ClH/c1-2-11-27-22(17-5-3-4-6-18(17)23(27)28)26-12-9-15(10-13-26)21-19-8-7-16(24)14-20(19)29-25-21;/h6-8,14-15,17,22H,2-5,9-13H2,1H3;1H. The minimum atomic E-state index is -0.298. The minimum absolute atomic E-state index is 0. The number of allylic oxidation sites excluding steroid dienone is 1. The summed E-state index contributed by atoms with van der Waals surface area (Å²) in [4.78, 5) is 17.6. The van der Waals surface area contributed by atoms with Crippen molar-refractivity contribution >= 4 is 29.3 Å². The van der Waals surface area contributed by atoms with Crippen LogP contribution >= 0.6 is 12.4 Å². The van der Waals surface area contributed by atoms with Gasteiger partial charge in [0.2, 0.25) is 0 Å². The number of rotatable bonds is 4. The Kier molecular flexibility index (Phi) is 6.16. The predicted octanol–water partition coefficient (Wildman–Crippen LogP) is 4.87. The monoisotopic (exact) mass is 433 g/mol. The summed E-state index contributed by atoms with van der Waals surface area (Å²) in [5.41, 5.74) is 2.53. The number of halogens is 2. The van der Waals surface area contributed by atoms with Crippen molar-refractivity contribution in [2.24, 2.45) is 5.92 Å². The summed E-state index contributed by atoms with van der Waals surface area (Å²) in [5.74, 6) is 0.632. The number of benzene rings is 1. The molecule has 2 saturated heterocycles. The first-order valence-electron chi connectivity index (χ1n) is 11.0. The van der Waals surface area contributed by atoms with Crippen molar-refractivity contribution in [3.05, 3.63) is 41.4 Å². The first-order chi connectivity index (χ1) is 14.2. The maximum absolute atomic E-state index is 13.4. The first-order valence-corrected chi connectivity index (χ1v) is 11.0. The fourth-order valence-corrected chi connectivity index (χ4v) is 5.55. The van der Waals surface area contributed by atoms with Crippen molar-refractivity contribution in [3.8, 4) is 0 Å². The van der Waals surface area contributed by atoms with Gasteiger partial charge >= 0.3 is 0 Å². The summed E-state index contributed by atoms with van der Waals surface area (Å²) < 4.78 is 18.8. The number of piperidine rings is 1. The highest BCUT2D eigenvalue weighted by Crippen LogP contribution is 2.42. The lowest BCUT2D eigenvalue weighted by molar-refractivity contribution is -0.129. The van der Waals surface area contributed by atoms with Crippen molar-refractivity contribution in [3.63, 3.8) is 0 Å². The number of likely N-dealkylation sites (tertiary alicyclic amines) is 2. The van der Waals surface area contributed by atoms with E-state index in [-0.39, 0.29) is 30.3 Å². The number of fused-ring (bicyclic) bond motifs is 2. The second-order valence-corrected chi connectivity index (χ2v) is 8.63. The summed E-state index contributed by atoms with van der Waals surface area (Å²) in [6.07, 6.45) is 8.67. The van der Waals surface area contributed by atoms with Crippen LogP contribution in [0.3, 0.4) is 0 Å². The van der Waals surface area contributed by atoms with Crippen LogP contribution in [0.5, 0.6) is 0 Å². The molecule has 2 fully saturated rings. The van der Waals surface area contributed by atoms with Crippen LogP contribution in [0.25, 0.3) is 11.0 Å². The topological polar surface area (TPSA) is 49.6 Å². The number of carbonyl (C=O) groups is 1. The number of hydrogen-bond donors (Lipinski definition) is 0. The third kappa shape index (κ3) is 3.54. The van der Waals surface area contributed by atoms with Gasteiger partial charge < -0.3 is 9.42 Å². The van der Waals surface area contributed by atoms with E-state index in [1.807, 2.05) is 0 Å². The molecule has 2 unspecified atom stereocenters. The molecule has 1 amide bonds. The molecule has 1 aliphatic carbocycles. The second kappa shape index (κ2) is 8.67. The summed E-state index contributed by atoms with van der Waals surface area (Å²) >= 11 is 0. The number of aromatic nitrogens is 1. The van der Waals surface area contributed by atoms with E-state index >= 15 is 0 Å². The Balaban J connectivity index is 0.00000218. The largest absolute Gasteiger partial charge is 0.356 e. The van der Waals surface area contributed by atoms with Crippen molar-refractivity contribution < 1.29 is 13.7 Å². The Morgan fingerprint density at radius 2 is 2.03 bits per heavy atom. The normalized spacial score (nSPS) is 25.3. The zero-order chi connectivity index (χ0) is 20.0. The molecule has 5 nitrogen and oxygen atoms in total. The van der Waals surface area contributed by atoms with E-state index in [0.717, 1.165) is 68.4 Å². The molecule has 30 heavy (non-hydrogen) atoms. The average molecular weight is 434 g/mol. The zero-order valence-electron chi connectivity index (χ0n) is 17.3. The van der Waals surface area contributed by atoms with E-state index in [9.17, 15) is 9.18 Å². The van der Waals surface area contributed by atoms with Crippen molar-refractivity contribution in [2.75, 3.05) is 19.6 Å². The van der Waals surface area contributed by atoms with Gasteiger partial charge in [0.05, 0.1) is 11.9 Å². The molecule has 3 heterocycles. The van der Waals surface area contributed by atoms with Gasteiger partial charge in [-0.1, -0.05) is 18.2 Å². The van der Waals surface area contributed by atoms with Gasteiger partial charge in [0.15, 0.2) is 5.58 Å². The quantitative estimate of drug-likeness (QED) is 0.690.